The molecule has 0 spiro atoms. The number of hydrogen-bond acceptors (Lipinski definition) is 4. The van der Waals surface area contributed by atoms with Crippen LogP contribution in [0.3, 0.4) is 0 Å². The van der Waals surface area contributed by atoms with Gasteiger partial charge in [0.25, 0.3) is 11.6 Å². The van der Waals surface area contributed by atoms with Crippen LogP contribution in [0.2, 0.25) is 0 Å². The first-order valence-corrected chi connectivity index (χ1v) is 6.29. The van der Waals surface area contributed by atoms with Crippen LogP contribution >= 0.6 is 15.9 Å². The summed E-state index contributed by atoms with van der Waals surface area (Å²) in [5.41, 5.74) is 0.0170. The predicted molar refractivity (Wildman–Crippen MR) is 72.6 cm³/mol. The number of nitrogens with zero attached hydrogens (tertiary/aromatic N) is 3. The Kier molecular flexibility index (Phi) is 5.01. The van der Waals surface area contributed by atoms with Gasteiger partial charge in [0, 0.05) is 28.2 Å². The molecular formula is C12H12BrN3O3. The van der Waals surface area contributed by atoms with Crippen LogP contribution in [0, 0.1) is 21.4 Å². The van der Waals surface area contributed by atoms with Gasteiger partial charge in [-0.25, -0.2) is 0 Å². The van der Waals surface area contributed by atoms with Crippen molar-refractivity contribution in [2.75, 3.05) is 6.54 Å². The Hall–Kier alpha value is -1.94. The van der Waals surface area contributed by atoms with Crippen LogP contribution in [-0.4, -0.2) is 28.3 Å². The van der Waals surface area contributed by atoms with Crippen molar-refractivity contribution in [3.63, 3.8) is 0 Å². The monoisotopic (exact) mass is 325 g/mol. The number of benzene rings is 1. The molecule has 0 bridgehead atoms. The summed E-state index contributed by atoms with van der Waals surface area (Å²) in [5, 5.41) is 19.5. The fraction of sp³-hybridized carbons (Fsp3) is 0.333. The standard InChI is InChI=1S/C12H12BrN3O3/c1-8(2)15(4-3-14)12(17)9-5-10(13)7-11(6-9)16(18)19/h5-8H,4H2,1-2H3. The van der Waals surface area contributed by atoms with Gasteiger partial charge in [-0.15, -0.1) is 0 Å². The van der Waals surface area contributed by atoms with Crippen molar-refractivity contribution in [1.29, 1.82) is 5.26 Å². The van der Waals surface area contributed by atoms with E-state index in [1.165, 1.54) is 23.1 Å². The van der Waals surface area contributed by atoms with Gasteiger partial charge < -0.3 is 4.90 Å². The highest BCUT2D eigenvalue weighted by Gasteiger charge is 2.21. The van der Waals surface area contributed by atoms with E-state index in [9.17, 15) is 14.9 Å². The summed E-state index contributed by atoms with van der Waals surface area (Å²) >= 11 is 3.13. The first-order valence-electron chi connectivity index (χ1n) is 5.49. The third kappa shape index (κ3) is 3.76. The maximum Gasteiger partial charge on any atom is 0.271 e. The maximum atomic E-state index is 12.2. The molecule has 0 aromatic heterocycles. The summed E-state index contributed by atoms with van der Waals surface area (Å²) in [4.78, 5) is 23.8. The fourth-order valence-electron chi connectivity index (χ4n) is 1.53. The quantitative estimate of drug-likeness (QED) is 0.483. The molecule has 0 N–H and O–H groups in total. The summed E-state index contributed by atoms with van der Waals surface area (Å²) in [6.07, 6.45) is 0. The van der Waals surface area contributed by atoms with E-state index >= 15 is 0 Å². The zero-order valence-corrected chi connectivity index (χ0v) is 12.0. The van der Waals surface area contributed by atoms with Crippen molar-refractivity contribution in [1.82, 2.24) is 4.90 Å². The highest BCUT2D eigenvalue weighted by Crippen LogP contribution is 2.22. The molecule has 1 aromatic rings. The number of nitriles is 1. The molecule has 0 radical (unpaired) electrons. The van der Waals surface area contributed by atoms with Crippen LogP contribution in [0.25, 0.3) is 0 Å². The minimum absolute atomic E-state index is 0.0587. The van der Waals surface area contributed by atoms with Crippen molar-refractivity contribution in [3.05, 3.63) is 38.3 Å². The third-order valence-corrected chi connectivity index (χ3v) is 2.92. The molecule has 0 saturated carbocycles. The second kappa shape index (κ2) is 6.29. The smallest absolute Gasteiger partial charge is 0.271 e. The van der Waals surface area contributed by atoms with Crippen LogP contribution in [0.1, 0.15) is 24.2 Å². The first-order chi connectivity index (χ1) is 8.86. The topological polar surface area (TPSA) is 87.2 Å². The molecule has 6 nitrogen and oxygen atoms in total. The lowest BCUT2D eigenvalue weighted by Gasteiger charge is -2.23. The Morgan fingerprint density at radius 1 is 1.53 bits per heavy atom. The molecule has 100 valence electrons. The normalized spacial score (nSPS) is 10.1. The minimum atomic E-state index is -0.564. The van der Waals surface area contributed by atoms with E-state index in [-0.39, 0.29) is 23.8 Å². The van der Waals surface area contributed by atoms with E-state index < -0.39 is 10.8 Å². The summed E-state index contributed by atoms with van der Waals surface area (Å²) in [6.45, 7) is 3.50. The molecule has 1 aromatic carbocycles. The second-order valence-corrected chi connectivity index (χ2v) is 5.06. The Labute approximate surface area is 118 Å². The van der Waals surface area contributed by atoms with E-state index in [4.69, 9.17) is 5.26 Å². The van der Waals surface area contributed by atoms with Crippen LogP contribution in [-0.2, 0) is 0 Å². The lowest BCUT2D eigenvalue weighted by atomic mass is 10.1. The average Bonchev–Trinajstić information content (AvgIpc) is 2.33. The van der Waals surface area contributed by atoms with Crippen LogP contribution < -0.4 is 0 Å². The molecule has 1 rings (SSSR count). The van der Waals surface area contributed by atoms with Gasteiger partial charge in [-0.2, -0.15) is 5.26 Å². The lowest BCUT2D eigenvalue weighted by molar-refractivity contribution is -0.385. The summed E-state index contributed by atoms with van der Waals surface area (Å²) < 4.78 is 0.450. The molecule has 19 heavy (non-hydrogen) atoms. The Bertz CT molecular complexity index is 552. The van der Waals surface area contributed by atoms with Crippen LogP contribution in [0.4, 0.5) is 5.69 Å². The highest BCUT2D eigenvalue weighted by atomic mass is 79.9. The van der Waals surface area contributed by atoms with Crippen LogP contribution in [0.15, 0.2) is 22.7 Å². The Morgan fingerprint density at radius 2 is 2.16 bits per heavy atom. The zero-order valence-electron chi connectivity index (χ0n) is 10.5. The lowest BCUT2D eigenvalue weighted by Crippen LogP contribution is -2.37. The number of nitro groups is 1. The number of hydrogen-bond donors (Lipinski definition) is 0. The van der Waals surface area contributed by atoms with Gasteiger partial charge in [-0.3, -0.25) is 14.9 Å². The number of amides is 1. The molecule has 0 atom stereocenters. The maximum absolute atomic E-state index is 12.2. The van der Waals surface area contributed by atoms with E-state index in [1.807, 2.05) is 6.07 Å². The molecule has 0 heterocycles. The molecule has 0 aliphatic rings. The van der Waals surface area contributed by atoms with Gasteiger partial charge in [0.15, 0.2) is 0 Å². The molecule has 0 unspecified atom stereocenters. The van der Waals surface area contributed by atoms with Gasteiger partial charge >= 0.3 is 0 Å². The number of carbonyl (C=O) groups is 1. The summed E-state index contributed by atoms with van der Waals surface area (Å²) in [6, 6.07) is 5.78. The fourth-order valence-corrected chi connectivity index (χ4v) is 2.02. The van der Waals surface area contributed by atoms with Gasteiger partial charge in [-0.05, 0) is 19.9 Å². The van der Waals surface area contributed by atoms with E-state index in [1.54, 1.807) is 13.8 Å². The third-order valence-electron chi connectivity index (χ3n) is 2.47. The van der Waals surface area contributed by atoms with Crippen molar-refractivity contribution < 1.29 is 9.72 Å². The number of non-ortho nitro benzene ring substituents is 1. The average molecular weight is 326 g/mol. The molecule has 7 heteroatoms. The number of halogens is 1. The van der Waals surface area contributed by atoms with E-state index in [0.29, 0.717) is 4.47 Å². The Balaban J connectivity index is 3.18. The molecule has 0 fully saturated rings. The molecule has 0 aliphatic heterocycles. The summed E-state index contributed by atoms with van der Waals surface area (Å²) in [5.74, 6) is -0.402. The van der Waals surface area contributed by atoms with Crippen molar-refractivity contribution >= 4 is 27.5 Å². The van der Waals surface area contributed by atoms with Gasteiger partial charge in [-0.1, -0.05) is 15.9 Å². The molecular weight excluding hydrogens is 314 g/mol. The highest BCUT2D eigenvalue weighted by molar-refractivity contribution is 9.10. The van der Waals surface area contributed by atoms with E-state index in [0.717, 1.165) is 0 Å². The molecule has 0 aliphatic carbocycles. The van der Waals surface area contributed by atoms with Gasteiger partial charge in [0.2, 0.25) is 0 Å². The van der Waals surface area contributed by atoms with Crippen molar-refractivity contribution in [3.8, 4) is 6.07 Å². The Morgan fingerprint density at radius 3 is 2.63 bits per heavy atom. The van der Waals surface area contributed by atoms with Gasteiger partial charge in [0.05, 0.1) is 11.0 Å². The number of rotatable bonds is 4. The summed E-state index contributed by atoms with van der Waals surface area (Å²) in [7, 11) is 0. The second-order valence-electron chi connectivity index (χ2n) is 4.14. The SMILES string of the molecule is CC(C)N(CC#N)C(=O)c1cc(Br)cc([N+](=O)[O-])c1. The molecule has 0 saturated heterocycles. The van der Waals surface area contributed by atoms with Crippen molar-refractivity contribution in [2.24, 2.45) is 0 Å². The van der Waals surface area contributed by atoms with E-state index in [2.05, 4.69) is 15.9 Å². The largest absolute Gasteiger partial charge is 0.323 e. The number of nitro benzene ring substituents is 1. The first kappa shape index (κ1) is 15.1. The minimum Gasteiger partial charge on any atom is -0.323 e. The zero-order chi connectivity index (χ0) is 14.6. The van der Waals surface area contributed by atoms with Gasteiger partial charge in [0.1, 0.15) is 6.54 Å². The van der Waals surface area contributed by atoms with Crippen molar-refractivity contribution in [2.45, 2.75) is 19.9 Å². The predicted octanol–water partition coefficient (Wildman–Crippen LogP) is 2.73. The molecule has 1 amide bonds. The van der Waals surface area contributed by atoms with Crippen LogP contribution in [0.5, 0.6) is 0 Å². The number of carbonyl (C=O) groups excluding carboxylic acids is 1.